The van der Waals surface area contributed by atoms with Crippen molar-refractivity contribution in [3.05, 3.63) is 45.4 Å². The first-order valence-corrected chi connectivity index (χ1v) is 8.18. The SMILES string of the molecule is CC(=O)c1sc(NC(=O)C2(c3cccc(Cl)c3)CC2)nc1C. The van der Waals surface area contributed by atoms with Crippen molar-refractivity contribution in [2.24, 2.45) is 0 Å². The number of nitrogens with one attached hydrogen (secondary N) is 1. The summed E-state index contributed by atoms with van der Waals surface area (Å²) in [4.78, 5) is 29.0. The summed E-state index contributed by atoms with van der Waals surface area (Å²) < 4.78 is 0. The maximum absolute atomic E-state index is 12.6. The van der Waals surface area contributed by atoms with Crippen LogP contribution in [-0.4, -0.2) is 16.7 Å². The Labute approximate surface area is 137 Å². The molecule has 22 heavy (non-hydrogen) atoms. The number of nitrogens with zero attached hydrogens (tertiary/aromatic N) is 1. The number of carbonyl (C=O) groups excluding carboxylic acids is 2. The maximum atomic E-state index is 12.6. The molecule has 0 saturated heterocycles. The monoisotopic (exact) mass is 334 g/mol. The zero-order valence-corrected chi connectivity index (χ0v) is 13.8. The average molecular weight is 335 g/mol. The van der Waals surface area contributed by atoms with Crippen LogP contribution >= 0.6 is 22.9 Å². The van der Waals surface area contributed by atoms with E-state index in [2.05, 4.69) is 10.3 Å². The zero-order valence-electron chi connectivity index (χ0n) is 12.3. The highest BCUT2D eigenvalue weighted by Crippen LogP contribution is 2.49. The summed E-state index contributed by atoms with van der Waals surface area (Å²) in [6.07, 6.45) is 1.59. The number of Topliss-reactive ketones (excluding diaryl/α,β-unsaturated/α-hetero) is 1. The third-order valence-electron chi connectivity index (χ3n) is 3.90. The Morgan fingerprint density at radius 1 is 1.36 bits per heavy atom. The van der Waals surface area contributed by atoms with E-state index in [9.17, 15) is 9.59 Å². The van der Waals surface area contributed by atoms with Gasteiger partial charge in [-0.05, 0) is 37.5 Å². The molecular weight excluding hydrogens is 320 g/mol. The van der Waals surface area contributed by atoms with Crippen LogP contribution in [0, 0.1) is 6.92 Å². The molecule has 0 atom stereocenters. The highest BCUT2D eigenvalue weighted by atomic mass is 35.5. The van der Waals surface area contributed by atoms with E-state index in [1.165, 1.54) is 18.3 Å². The van der Waals surface area contributed by atoms with Crippen LogP contribution in [-0.2, 0) is 10.2 Å². The molecule has 2 aromatic rings. The van der Waals surface area contributed by atoms with Gasteiger partial charge in [0.25, 0.3) is 0 Å². The fourth-order valence-corrected chi connectivity index (χ4v) is 3.60. The van der Waals surface area contributed by atoms with Crippen molar-refractivity contribution in [1.29, 1.82) is 0 Å². The summed E-state index contributed by atoms with van der Waals surface area (Å²) in [5, 5.41) is 3.95. The molecule has 3 rings (SSSR count). The smallest absolute Gasteiger partial charge is 0.236 e. The first-order valence-electron chi connectivity index (χ1n) is 6.98. The van der Waals surface area contributed by atoms with E-state index in [1.807, 2.05) is 18.2 Å². The van der Waals surface area contributed by atoms with Crippen LogP contribution in [0.25, 0.3) is 0 Å². The number of anilines is 1. The van der Waals surface area contributed by atoms with Gasteiger partial charge in [0, 0.05) is 11.9 Å². The van der Waals surface area contributed by atoms with Gasteiger partial charge in [-0.3, -0.25) is 9.59 Å². The molecule has 0 radical (unpaired) electrons. The molecule has 0 unspecified atom stereocenters. The number of benzene rings is 1. The summed E-state index contributed by atoms with van der Waals surface area (Å²) in [7, 11) is 0. The molecular formula is C16H15ClN2O2S. The van der Waals surface area contributed by atoms with Gasteiger partial charge >= 0.3 is 0 Å². The normalized spacial score (nSPS) is 15.4. The molecule has 0 bridgehead atoms. The maximum Gasteiger partial charge on any atom is 0.236 e. The van der Waals surface area contributed by atoms with Crippen molar-refractivity contribution < 1.29 is 9.59 Å². The average Bonchev–Trinajstić information content (AvgIpc) is 3.18. The zero-order chi connectivity index (χ0) is 15.9. The minimum absolute atomic E-state index is 0.0357. The van der Waals surface area contributed by atoms with Crippen LogP contribution in [0.1, 0.15) is 40.7 Å². The first kappa shape index (κ1) is 15.2. The third kappa shape index (κ3) is 2.66. The highest BCUT2D eigenvalue weighted by molar-refractivity contribution is 7.17. The van der Waals surface area contributed by atoms with Gasteiger partial charge in [0.1, 0.15) is 0 Å². The molecule has 1 aliphatic rings. The van der Waals surface area contributed by atoms with Crippen molar-refractivity contribution >= 4 is 39.8 Å². The number of amides is 1. The number of aromatic nitrogens is 1. The van der Waals surface area contributed by atoms with Crippen LogP contribution in [0.15, 0.2) is 24.3 Å². The molecule has 4 nitrogen and oxygen atoms in total. The molecule has 1 aromatic heterocycles. The molecule has 1 fully saturated rings. The van der Waals surface area contributed by atoms with Crippen molar-refractivity contribution in [2.45, 2.75) is 32.1 Å². The van der Waals surface area contributed by atoms with Gasteiger partial charge < -0.3 is 5.32 Å². The van der Waals surface area contributed by atoms with E-state index >= 15 is 0 Å². The van der Waals surface area contributed by atoms with Crippen LogP contribution < -0.4 is 5.32 Å². The van der Waals surface area contributed by atoms with Gasteiger partial charge in [0.2, 0.25) is 5.91 Å². The first-order chi connectivity index (χ1) is 10.4. The molecule has 1 aliphatic carbocycles. The minimum atomic E-state index is -0.513. The number of aryl methyl sites for hydroxylation is 1. The van der Waals surface area contributed by atoms with E-state index in [1.54, 1.807) is 13.0 Å². The fraction of sp³-hybridized carbons (Fsp3) is 0.312. The molecule has 1 aromatic carbocycles. The molecule has 1 amide bonds. The topological polar surface area (TPSA) is 59.1 Å². The molecule has 114 valence electrons. The number of halogens is 1. The fourth-order valence-electron chi connectivity index (χ4n) is 2.55. The van der Waals surface area contributed by atoms with Gasteiger partial charge in [0.15, 0.2) is 10.9 Å². The van der Waals surface area contributed by atoms with Gasteiger partial charge in [0.05, 0.1) is 16.0 Å². The van der Waals surface area contributed by atoms with E-state index in [0.29, 0.717) is 20.7 Å². The molecule has 6 heteroatoms. The summed E-state index contributed by atoms with van der Waals surface area (Å²) in [5.41, 5.74) is 1.07. The minimum Gasteiger partial charge on any atom is -0.301 e. The van der Waals surface area contributed by atoms with Crippen molar-refractivity contribution in [1.82, 2.24) is 4.98 Å². The van der Waals surface area contributed by atoms with Gasteiger partial charge in [-0.1, -0.05) is 35.1 Å². The van der Waals surface area contributed by atoms with Crippen molar-refractivity contribution in [2.75, 3.05) is 5.32 Å². The molecule has 1 heterocycles. The molecule has 0 aliphatic heterocycles. The Morgan fingerprint density at radius 3 is 2.64 bits per heavy atom. The second-order valence-electron chi connectivity index (χ2n) is 5.54. The Bertz CT molecular complexity index is 765. The lowest BCUT2D eigenvalue weighted by Crippen LogP contribution is -2.27. The lowest BCUT2D eigenvalue weighted by Gasteiger charge is -2.14. The van der Waals surface area contributed by atoms with Gasteiger partial charge in [-0.15, -0.1) is 0 Å². The van der Waals surface area contributed by atoms with Crippen LogP contribution in [0.3, 0.4) is 0 Å². The van der Waals surface area contributed by atoms with Gasteiger partial charge in [-0.25, -0.2) is 4.98 Å². The summed E-state index contributed by atoms with van der Waals surface area (Å²) in [5.74, 6) is -0.120. The van der Waals surface area contributed by atoms with Crippen molar-refractivity contribution in [3.8, 4) is 0 Å². The molecule has 1 N–H and O–H groups in total. The van der Waals surface area contributed by atoms with Crippen LogP contribution in [0.4, 0.5) is 5.13 Å². The van der Waals surface area contributed by atoms with Crippen molar-refractivity contribution in [3.63, 3.8) is 0 Å². The number of carbonyl (C=O) groups is 2. The molecule has 1 saturated carbocycles. The Kier molecular flexibility index (Phi) is 3.78. The Hall–Kier alpha value is -1.72. The third-order valence-corrected chi connectivity index (χ3v) is 5.31. The predicted octanol–water partition coefficient (Wildman–Crippen LogP) is 3.98. The highest BCUT2D eigenvalue weighted by Gasteiger charge is 2.51. The second-order valence-corrected chi connectivity index (χ2v) is 6.97. The Balaban J connectivity index is 1.83. The standard InChI is InChI=1S/C16H15ClN2O2S/c1-9-13(10(2)20)22-15(18-9)19-14(21)16(6-7-16)11-4-3-5-12(17)8-11/h3-5,8H,6-7H2,1-2H3,(H,18,19,21). The van der Waals surface area contributed by atoms with Crippen LogP contribution in [0.5, 0.6) is 0 Å². The lowest BCUT2D eigenvalue weighted by molar-refractivity contribution is -0.118. The van der Waals surface area contributed by atoms with E-state index in [4.69, 9.17) is 11.6 Å². The second kappa shape index (κ2) is 5.48. The lowest BCUT2D eigenvalue weighted by atomic mass is 9.95. The summed E-state index contributed by atoms with van der Waals surface area (Å²) in [6, 6.07) is 7.41. The number of hydrogen-bond acceptors (Lipinski definition) is 4. The van der Waals surface area contributed by atoms with Gasteiger partial charge in [-0.2, -0.15) is 0 Å². The summed E-state index contributed by atoms with van der Waals surface area (Å²) in [6.45, 7) is 3.27. The quantitative estimate of drug-likeness (QED) is 0.860. The van der Waals surface area contributed by atoms with E-state index < -0.39 is 5.41 Å². The van der Waals surface area contributed by atoms with Crippen LogP contribution in [0.2, 0.25) is 5.02 Å². The number of ketones is 1. The largest absolute Gasteiger partial charge is 0.301 e. The Morgan fingerprint density at radius 2 is 2.09 bits per heavy atom. The number of thiazole rings is 1. The van der Waals surface area contributed by atoms with E-state index in [-0.39, 0.29) is 11.7 Å². The van der Waals surface area contributed by atoms with E-state index in [0.717, 1.165) is 18.4 Å². The number of hydrogen-bond donors (Lipinski definition) is 1. The number of rotatable bonds is 4. The predicted molar refractivity (Wildman–Crippen MR) is 87.8 cm³/mol. The summed E-state index contributed by atoms with van der Waals surface area (Å²) >= 11 is 7.24. The molecule has 0 spiro atoms.